The van der Waals surface area contributed by atoms with E-state index in [1.54, 1.807) is 18.1 Å². The molecular weight excluding hydrogens is 560 g/mol. The zero-order valence-corrected chi connectivity index (χ0v) is 24.6. The Hall–Kier alpha value is -5.17. The van der Waals surface area contributed by atoms with Gasteiger partial charge in [0.25, 0.3) is 5.91 Å². The fraction of sp³-hybridized carbons (Fsp3) is 0.323. The van der Waals surface area contributed by atoms with Crippen molar-refractivity contribution < 1.29 is 14.3 Å². The van der Waals surface area contributed by atoms with Crippen LogP contribution in [0.5, 0.6) is 0 Å². The predicted octanol–water partition coefficient (Wildman–Crippen LogP) is 3.03. The molecule has 2 aliphatic heterocycles. The van der Waals surface area contributed by atoms with Gasteiger partial charge in [-0.2, -0.15) is 4.98 Å². The normalized spacial score (nSPS) is 15.2. The molecule has 4 aromatic rings. The summed E-state index contributed by atoms with van der Waals surface area (Å²) in [6.07, 6.45) is 1.34. The molecule has 2 aromatic carbocycles. The molecule has 4 N–H and O–H groups in total. The van der Waals surface area contributed by atoms with Crippen molar-refractivity contribution >= 4 is 35.1 Å². The highest BCUT2D eigenvalue weighted by molar-refractivity contribution is 6.04. The average molecular weight is 597 g/mol. The fourth-order valence-electron chi connectivity index (χ4n) is 5.28. The maximum atomic E-state index is 13.2. The highest BCUT2D eigenvalue weighted by Crippen LogP contribution is 2.27. The van der Waals surface area contributed by atoms with E-state index < -0.39 is 0 Å². The van der Waals surface area contributed by atoms with E-state index in [0.717, 1.165) is 43.1 Å². The SMILES string of the molecule is CNc1nc(-c2c[nH]c(C(=O)Nc3ccccc3N3CCNCC3)n2)cc(N2CCN(C(=O)OCc3ccccc3)CC2)n1. The summed E-state index contributed by atoms with van der Waals surface area (Å²) < 4.78 is 5.50. The van der Waals surface area contributed by atoms with Gasteiger partial charge in [-0.1, -0.05) is 42.5 Å². The molecule has 0 bridgehead atoms. The Labute approximate surface area is 255 Å². The van der Waals surface area contributed by atoms with E-state index in [0.29, 0.717) is 49.3 Å². The number of piperazine rings is 2. The molecule has 13 nitrogen and oxygen atoms in total. The Balaban J connectivity index is 1.11. The van der Waals surface area contributed by atoms with Crippen LogP contribution in [0, 0.1) is 0 Å². The number of hydrogen-bond acceptors (Lipinski definition) is 10. The first-order chi connectivity index (χ1) is 21.6. The monoisotopic (exact) mass is 596 g/mol. The van der Waals surface area contributed by atoms with Gasteiger partial charge in [0.15, 0.2) is 5.82 Å². The van der Waals surface area contributed by atoms with E-state index in [1.165, 1.54) is 0 Å². The van der Waals surface area contributed by atoms with Crippen molar-refractivity contribution in [3.05, 3.63) is 78.2 Å². The van der Waals surface area contributed by atoms with Gasteiger partial charge >= 0.3 is 6.09 Å². The second-order valence-electron chi connectivity index (χ2n) is 10.5. The molecule has 13 heteroatoms. The molecule has 0 spiro atoms. The van der Waals surface area contributed by atoms with Crippen molar-refractivity contribution in [3.8, 4) is 11.4 Å². The Kier molecular flexibility index (Phi) is 8.82. The number of ether oxygens (including phenoxy) is 1. The number of imidazole rings is 1. The molecule has 44 heavy (non-hydrogen) atoms. The quantitative estimate of drug-likeness (QED) is 0.240. The number of carbonyl (C=O) groups excluding carboxylic acids is 2. The number of H-pyrrole nitrogens is 1. The summed E-state index contributed by atoms with van der Waals surface area (Å²) in [6, 6.07) is 19.3. The minimum Gasteiger partial charge on any atom is -0.445 e. The summed E-state index contributed by atoms with van der Waals surface area (Å²) in [7, 11) is 1.75. The van der Waals surface area contributed by atoms with Crippen LogP contribution in [0.15, 0.2) is 66.9 Å². The average Bonchev–Trinajstić information content (AvgIpc) is 3.59. The van der Waals surface area contributed by atoms with Crippen molar-refractivity contribution in [1.29, 1.82) is 0 Å². The van der Waals surface area contributed by atoms with E-state index in [2.05, 4.69) is 45.7 Å². The lowest BCUT2D eigenvalue weighted by atomic mass is 10.2. The van der Waals surface area contributed by atoms with Gasteiger partial charge in [0.1, 0.15) is 18.1 Å². The van der Waals surface area contributed by atoms with Crippen LogP contribution in [0.3, 0.4) is 0 Å². The van der Waals surface area contributed by atoms with Crippen LogP contribution in [0.2, 0.25) is 0 Å². The van der Waals surface area contributed by atoms with Gasteiger partial charge in [-0.25, -0.2) is 14.8 Å². The van der Waals surface area contributed by atoms with Gasteiger partial charge < -0.3 is 40.4 Å². The third kappa shape index (κ3) is 6.73. The summed E-state index contributed by atoms with van der Waals surface area (Å²) in [5, 5.41) is 9.39. The Morgan fingerprint density at radius 3 is 2.39 bits per heavy atom. The molecule has 4 heterocycles. The molecule has 2 fully saturated rings. The zero-order chi connectivity index (χ0) is 30.3. The second kappa shape index (κ2) is 13.4. The van der Waals surface area contributed by atoms with Crippen LogP contribution in [-0.4, -0.2) is 96.2 Å². The van der Waals surface area contributed by atoms with Crippen molar-refractivity contribution in [1.82, 2.24) is 30.2 Å². The van der Waals surface area contributed by atoms with Crippen molar-refractivity contribution in [3.63, 3.8) is 0 Å². The number of rotatable bonds is 8. The number of aromatic nitrogens is 4. The molecule has 0 atom stereocenters. The number of nitrogens with zero attached hydrogens (tertiary/aromatic N) is 6. The van der Waals surface area contributed by atoms with E-state index >= 15 is 0 Å². The Morgan fingerprint density at radius 2 is 1.61 bits per heavy atom. The zero-order valence-electron chi connectivity index (χ0n) is 24.6. The number of aromatic amines is 1. The van der Waals surface area contributed by atoms with Gasteiger partial charge in [0.2, 0.25) is 5.95 Å². The number of anilines is 4. The first kappa shape index (κ1) is 28.9. The number of para-hydroxylation sites is 2. The van der Waals surface area contributed by atoms with Gasteiger partial charge in [0.05, 0.1) is 17.1 Å². The lowest BCUT2D eigenvalue weighted by molar-refractivity contribution is 0.0940. The Bertz CT molecular complexity index is 1580. The number of carbonyl (C=O) groups is 2. The fourth-order valence-corrected chi connectivity index (χ4v) is 5.28. The third-order valence-electron chi connectivity index (χ3n) is 7.67. The summed E-state index contributed by atoms with van der Waals surface area (Å²) >= 11 is 0. The summed E-state index contributed by atoms with van der Waals surface area (Å²) in [6.45, 7) is 5.96. The lowest BCUT2D eigenvalue weighted by Gasteiger charge is -2.34. The van der Waals surface area contributed by atoms with Crippen LogP contribution in [0.4, 0.5) is 27.9 Å². The molecule has 2 saturated heterocycles. The molecular formula is C31H36N10O3. The molecule has 2 aromatic heterocycles. The number of hydrogen-bond donors (Lipinski definition) is 4. The van der Waals surface area contributed by atoms with Crippen LogP contribution < -0.4 is 25.8 Å². The first-order valence-electron chi connectivity index (χ1n) is 14.8. The standard InChI is InChI=1S/C31H36N10O3/c1-32-30-37-24(19-27(38-30)40-15-17-41(18-16-40)31(43)44-21-22-7-3-2-4-8-22)25-20-34-28(35-25)29(42)36-23-9-5-6-10-26(23)39-13-11-33-12-14-39/h2-10,19-20,33H,11-18,21H2,1H3,(H,34,35)(H,36,42)(H,32,37,38). The van der Waals surface area contributed by atoms with Crippen molar-refractivity contribution in [2.45, 2.75) is 6.61 Å². The number of amides is 2. The molecule has 0 saturated carbocycles. The molecule has 0 unspecified atom stereocenters. The molecule has 0 aliphatic carbocycles. The summed E-state index contributed by atoms with van der Waals surface area (Å²) in [5.41, 5.74) is 3.76. The van der Waals surface area contributed by atoms with Gasteiger partial charge in [-0.05, 0) is 17.7 Å². The predicted molar refractivity (Wildman–Crippen MR) is 169 cm³/mol. The largest absolute Gasteiger partial charge is 0.445 e. The van der Waals surface area contributed by atoms with Gasteiger partial charge in [-0.15, -0.1) is 0 Å². The number of nitrogens with one attached hydrogen (secondary N) is 4. The lowest BCUT2D eigenvalue weighted by Crippen LogP contribution is -2.49. The molecule has 2 amide bonds. The highest BCUT2D eigenvalue weighted by Gasteiger charge is 2.25. The van der Waals surface area contributed by atoms with E-state index in [9.17, 15) is 9.59 Å². The minimum absolute atomic E-state index is 0.184. The topological polar surface area (TPSA) is 144 Å². The highest BCUT2D eigenvalue weighted by atomic mass is 16.6. The summed E-state index contributed by atoms with van der Waals surface area (Å²) in [5.74, 6) is 0.984. The third-order valence-corrected chi connectivity index (χ3v) is 7.67. The summed E-state index contributed by atoms with van der Waals surface area (Å²) in [4.78, 5) is 48.7. The smallest absolute Gasteiger partial charge is 0.410 e. The molecule has 6 rings (SSSR count). The second-order valence-corrected chi connectivity index (χ2v) is 10.5. The van der Waals surface area contributed by atoms with E-state index in [4.69, 9.17) is 4.74 Å². The van der Waals surface area contributed by atoms with Crippen LogP contribution in [0.25, 0.3) is 11.4 Å². The van der Waals surface area contributed by atoms with Gasteiger partial charge in [-0.3, -0.25) is 4.79 Å². The van der Waals surface area contributed by atoms with Crippen LogP contribution in [-0.2, 0) is 11.3 Å². The first-order valence-corrected chi connectivity index (χ1v) is 14.8. The van der Waals surface area contributed by atoms with Crippen LogP contribution in [0.1, 0.15) is 16.2 Å². The number of benzene rings is 2. The van der Waals surface area contributed by atoms with Crippen LogP contribution >= 0.6 is 0 Å². The molecule has 0 radical (unpaired) electrons. The van der Waals surface area contributed by atoms with Crippen molar-refractivity contribution in [2.75, 3.05) is 79.8 Å². The Morgan fingerprint density at radius 1 is 0.864 bits per heavy atom. The van der Waals surface area contributed by atoms with E-state index in [1.807, 2.05) is 60.7 Å². The maximum Gasteiger partial charge on any atom is 0.410 e. The molecule has 228 valence electrons. The minimum atomic E-state index is -0.336. The van der Waals surface area contributed by atoms with Gasteiger partial charge in [0, 0.05) is 71.7 Å². The van der Waals surface area contributed by atoms with Crippen molar-refractivity contribution in [2.24, 2.45) is 0 Å². The molecule has 2 aliphatic rings. The maximum absolute atomic E-state index is 13.2. The van der Waals surface area contributed by atoms with E-state index in [-0.39, 0.29) is 24.4 Å².